The quantitative estimate of drug-likeness (QED) is 0.317. The number of benzene rings is 3. The lowest BCUT2D eigenvalue weighted by Crippen LogP contribution is -2.47. The monoisotopic (exact) mass is 512 g/mol. The van der Waals surface area contributed by atoms with Crippen LogP contribution in [0.3, 0.4) is 0 Å². The SMILES string of the molecule is COc1ccccc1N1CCN(CCOC(=O)Cc2cccc3c(=O)c(C)c(-c4ccccc4)oc23)CC1. The molecule has 1 aliphatic heterocycles. The molecular formula is C31H32N2O5. The Labute approximate surface area is 222 Å². The van der Waals surface area contributed by atoms with Crippen LogP contribution in [0.25, 0.3) is 22.3 Å². The minimum Gasteiger partial charge on any atom is -0.495 e. The van der Waals surface area contributed by atoms with Crippen LogP contribution in [-0.4, -0.2) is 57.3 Å². The lowest BCUT2D eigenvalue weighted by molar-refractivity contribution is -0.143. The number of piperazine rings is 1. The minimum atomic E-state index is -0.338. The highest BCUT2D eigenvalue weighted by Crippen LogP contribution is 2.29. The van der Waals surface area contributed by atoms with Gasteiger partial charge in [-0.2, -0.15) is 0 Å². The highest BCUT2D eigenvalue weighted by Gasteiger charge is 2.20. The molecule has 1 aromatic heterocycles. The summed E-state index contributed by atoms with van der Waals surface area (Å²) in [6, 6.07) is 22.9. The van der Waals surface area contributed by atoms with Crippen LogP contribution in [0.4, 0.5) is 5.69 Å². The second kappa shape index (κ2) is 11.5. The number of hydrogen-bond donors (Lipinski definition) is 0. The van der Waals surface area contributed by atoms with Crippen molar-refractivity contribution in [1.29, 1.82) is 0 Å². The molecule has 4 aromatic rings. The number of ether oxygens (including phenoxy) is 2. The number of esters is 1. The van der Waals surface area contributed by atoms with Crippen LogP contribution in [0.2, 0.25) is 0 Å². The van der Waals surface area contributed by atoms with Crippen LogP contribution >= 0.6 is 0 Å². The zero-order valence-corrected chi connectivity index (χ0v) is 21.8. The second-order valence-corrected chi connectivity index (χ2v) is 9.44. The van der Waals surface area contributed by atoms with Gasteiger partial charge >= 0.3 is 5.97 Å². The van der Waals surface area contributed by atoms with Crippen molar-refractivity contribution in [3.05, 3.63) is 94.1 Å². The average molecular weight is 513 g/mol. The van der Waals surface area contributed by atoms with Crippen LogP contribution in [0.15, 0.2) is 82.0 Å². The molecule has 0 aliphatic carbocycles. The number of anilines is 1. The van der Waals surface area contributed by atoms with Gasteiger partial charge < -0.3 is 18.8 Å². The van der Waals surface area contributed by atoms with Gasteiger partial charge in [0.1, 0.15) is 23.7 Å². The fourth-order valence-corrected chi connectivity index (χ4v) is 4.97. The number of rotatable bonds is 8. The first-order valence-corrected chi connectivity index (χ1v) is 12.9. The molecule has 3 aromatic carbocycles. The summed E-state index contributed by atoms with van der Waals surface area (Å²) in [4.78, 5) is 30.4. The summed E-state index contributed by atoms with van der Waals surface area (Å²) in [5.41, 5.74) is 3.47. The number of carbonyl (C=O) groups excluding carboxylic acids is 1. The Morgan fingerprint density at radius 3 is 2.42 bits per heavy atom. The largest absolute Gasteiger partial charge is 0.495 e. The van der Waals surface area contributed by atoms with Gasteiger partial charge in [0.05, 0.1) is 24.6 Å². The number of fused-ring (bicyclic) bond motifs is 1. The maximum atomic E-state index is 13.1. The van der Waals surface area contributed by atoms with E-state index < -0.39 is 0 Å². The molecule has 0 radical (unpaired) electrons. The van der Waals surface area contributed by atoms with Crippen molar-refractivity contribution in [2.45, 2.75) is 13.3 Å². The highest BCUT2D eigenvalue weighted by atomic mass is 16.5. The van der Waals surface area contributed by atoms with Crippen molar-refractivity contribution in [1.82, 2.24) is 4.90 Å². The van der Waals surface area contributed by atoms with Crippen molar-refractivity contribution >= 4 is 22.6 Å². The third kappa shape index (κ3) is 5.43. The standard InChI is InChI=1S/C31H32N2O5/c1-22-29(35)25-12-8-11-24(31(25)38-30(22)23-9-4-3-5-10-23)21-28(34)37-20-19-32-15-17-33(18-16-32)26-13-6-7-14-27(26)36-2/h3-14H,15-21H2,1-2H3. The van der Waals surface area contributed by atoms with E-state index in [2.05, 4.69) is 15.9 Å². The molecule has 0 unspecified atom stereocenters. The Hall–Kier alpha value is -4.10. The van der Waals surface area contributed by atoms with Crippen LogP contribution < -0.4 is 15.1 Å². The van der Waals surface area contributed by atoms with E-state index in [-0.39, 0.29) is 17.8 Å². The van der Waals surface area contributed by atoms with E-state index in [0.717, 1.165) is 43.2 Å². The molecule has 0 atom stereocenters. The average Bonchev–Trinajstić information content (AvgIpc) is 2.96. The van der Waals surface area contributed by atoms with Gasteiger partial charge in [-0.15, -0.1) is 0 Å². The van der Waals surface area contributed by atoms with Crippen molar-refractivity contribution < 1.29 is 18.7 Å². The number of hydrogen-bond acceptors (Lipinski definition) is 7. The molecule has 5 rings (SSSR count). The zero-order valence-electron chi connectivity index (χ0n) is 21.8. The third-order valence-electron chi connectivity index (χ3n) is 7.07. The molecule has 0 spiro atoms. The van der Waals surface area contributed by atoms with Gasteiger partial charge in [-0.3, -0.25) is 14.5 Å². The molecule has 0 N–H and O–H groups in total. The van der Waals surface area contributed by atoms with Crippen molar-refractivity contribution in [2.24, 2.45) is 0 Å². The van der Waals surface area contributed by atoms with E-state index in [1.165, 1.54) is 0 Å². The number of methoxy groups -OCH3 is 1. The zero-order chi connectivity index (χ0) is 26.5. The van der Waals surface area contributed by atoms with Crippen molar-refractivity contribution in [3.8, 4) is 17.1 Å². The smallest absolute Gasteiger partial charge is 0.310 e. The van der Waals surface area contributed by atoms with Gasteiger partial charge in [0.2, 0.25) is 0 Å². The molecule has 1 aliphatic rings. The minimum absolute atomic E-state index is 0.0408. The lowest BCUT2D eigenvalue weighted by atomic mass is 10.0. The summed E-state index contributed by atoms with van der Waals surface area (Å²) >= 11 is 0. The highest BCUT2D eigenvalue weighted by molar-refractivity contribution is 5.86. The third-order valence-corrected chi connectivity index (χ3v) is 7.07. The Morgan fingerprint density at radius 1 is 0.921 bits per heavy atom. The predicted molar refractivity (Wildman–Crippen MR) is 149 cm³/mol. The number of para-hydroxylation sites is 3. The molecule has 38 heavy (non-hydrogen) atoms. The predicted octanol–water partition coefficient (Wildman–Crippen LogP) is 4.68. The van der Waals surface area contributed by atoms with Gasteiger partial charge in [0, 0.05) is 49.4 Å². The van der Waals surface area contributed by atoms with E-state index in [4.69, 9.17) is 13.9 Å². The molecule has 0 amide bonds. The first kappa shape index (κ1) is 25.5. The summed E-state index contributed by atoms with van der Waals surface area (Å²) in [6.07, 6.45) is 0.0408. The Balaban J connectivity index is 1.19. The fraction of sp³-hybridized carbons (Fsp3) is 0.290. The molecule has 0 bridgehead atoms. The van der Waals surface area contributed by atoms with E-state index in [1.807, 2.05) is 54.6 Å². The van der Waals surface area contributed by atoms with Crippen LogP contribution in [-0.2, 0) is 16.0 Å². The van der Waals surface area contributed by atoms with Gasteiger partial charge in [-0.1, -0.05) is 54.6 Å². The van der Waals surface area contributed by atoms with E-state index in [0.29, 0.717) is 41.0 Å². The molecular weight excluding hydrogens is 480 g/mol. The van der Waals surface area contributed by atoms with Crippen LogP contribution in [0.5, 0.6) is 5.75 Å². The Bertz CT molecular complexity index is 1470. The fourth-order valence-electron chi connectivity index (χ4n) is 4.97. The topological polar surface area (TPSA) is 72.2 Å². The van der Waals surface area contributed by atoms with E-state index in [9.17, 15) is 9.59 Å². The molecule has 7 heteroatoms. The summed E-state index contributed by atoms with van der Waals surface area (Å²) in [6.45, 7) is 6.28. The summed E-state index contributed by atoms with van der Waals surface area (Å²) in [7, 11) is 1.69. The van der Waals surface area contributed by atoms with Gasteiger partial charge in [0.25, 0.3) is 0 Å². The van der Waals surface area contributed by atoms with Crippen molar-refractivity contribution in [2.75, 3.05) is 51.3 Å². The Kier molecular flexibility index (Phi) is 7.75. The second-order valence-electron chi connectivity index (χ2n) is 9.44. The van der Waals surface area contributed by atoms with E-state index in [1.54, 1.807) is 26.2 Å². The van der Waals surface area contributed by atoms with Crippen LogP contribution in [0, 0.1) is 6.92 Å². The van der Waals surface area contributed by atoms with Crippen LogP contribution in [0.1, 0.15) is 11.1 Å². The Morgan fingerprint density at radius 2 is 1.66 bits per heavy atom. The molecule has 0 saturated carbocycles. The van der Waals surface area contributed by atoms with Crippen molar-refractivity contribution in [3.63, 3.8) is 0 Å². The first-order chi connectivity index (χ1) is 18.5. The molecule has 1 saturated heterocycles. The number of nitrogens with zero attached hydrogens (tertiary/aromatic N) is 2. The van der Waals surface area contributed by atoms with Gasteiger partial charge in [-0.05, 0) is 25.1 Å². The number of carbonyl (C=O) groups is 1. The molecule has 2 heterocycles. The van der Waals surface area contributed by atoms with E-state index >= 15 is 0 Å². The van der Waals surface area contributed by atoms with Gasteiger partial charge in [0.15, 0.2) is 5.43 Å². The molecule has 196 valence electrons. The first-order valence-electron chi connectivity index (χ1n) is 12.9. The normalized spacial score (nSPS) is 14.0. The van der Waals surface area contributed by atoms with Gasteiger partial charge in [-0.25, -0.2) is 0 Å². The summed E-state index contributed by atoms with van der Waals surface area (Å²) in [5, 5.41) is 0.473. The maximum Gasteiger partial charge on any atom is 0.310 e. The lowest BCUT2D eigenvalue weighted by Gasteiger charge is -2.36. The maximum absolute atomic E-state index is 13.1. The summed E-state index contributed by atoms with van der Waals surface area (Å²) in [5.74, 6) is 1.07. The molecule has 7 nitrogen and oxygen atoms in total. The molecule has 1 fully saturated rings. The summed E-state index contributed by atoms with van der Waals surface area (Å²) < 4.78 is 17.3.